The third-order valence-corrected chi connectivity index (χ3v) is 6.91. The molecule has 2 unspecified atom stereocenters. The minimum absolute atomic E-state index is 0.262. The summed E-state index contributed by atoms with van der Waals surface area (Å²) in [7, 11) is 0. The molecule has 0 aliphatic carbocycles. The highest BCUT2D eigenvalue weighted by atomic mass is 32.2. The van der Waals surface area contributed by atoms with Gasteiger partial charge in [0, 0.05) is 38.1 Å². The van der Waals surface area contributed by atoms with Crippen LogP contribution in [0.2, 0.25) is 0 Å². The van der Waals surface area contributed by atoms with E-state index in [1.807, 2.05) is 37.3 Å². The van der Waals surface area contributed by atoms with Gasteiger partial charge in [-0.1, -0.05) is 24.3 Å². The van der Waals surface area contributed by atoms with Crippen molar-refractivity contribution in [2.75, 3.05) is 0 Å². The summed E-state index contributed by atoms with van der Waals surface area (Å²) >= 11 is 0.577. The second kappa shape index (κ2) is 9.11. The van der Waals surface area contributed by atoms with Crippen LogP contribution in [0.4, 0.5) is 0 Å². The molecule has 0 spiro atoms. The SMILES string of the molecule is Cc1ncc(CNC(=O)c2ccc(C(NS(=O)[O-])c3cc4ccccc4s3)cn2)s1. The van der Waals surface area contributed by atoms with Crippen molar-refractivity contribution in [3.63, 3.8) is 0 Å². The zero-order valence-corrected chi connectivity index (χ0v) is 18.3. The first-order valence-electron chi connectivity index (χ1n) is 8.99. The third-order valence-electron chi connectivity index (χ3n) is 4.39. The van der Waals surface area contributed by atoms with Crippen molar-refractivity contribution in [1.82, 2.24) is 20.0 Å². The summed E-state index contributed by atoms with van der Waals surface area (Å²) in [6.07, 6.45) is 3.27. The van der Waals surface area contributed by atoms with Gasteiger partial charge in [0.15, 0.2) is 0 Å². The lowest BCUT2D eigenvalue weighted by Gasteiger charge is -2.19. The van der Waals surface area contributed by atoms with Crippen LogP contribution >= 0.6 is 22.7 Å². The summed E-state index contributed by atoms with van der Waals surface area (Å²) in [6, 6.07) is 12.6. The summed E-state index contributed by atoms with van der Waals surface area (Å²) in [4.78, 5) is 22.6. The summed E-state index contributed by atoms with van der Waals surface area (Å²) in [6.45, 7) is 2.29. The van der Waals surface area contributed by atoms with Gasteiger partial charge in [-0.25, -0.2) is 9.71 Å². The number of amides is 1. The van der Waals surface area contributed by atoms with Crippen molar-refractivity contribution in [2.24, 2.45) is 0 Å². The molecule has 0 saturated heterocycles. The molecule has 1 amide bonds. The number of nitrogens with zero attached hydrogens (tertiary/aromatic N) is 2. The minimum atomic E-state index is -2.46. The number of benzene rings is 1. The number of hydrogen-bond acceptors (Lipinski definition) is 7. The molecule has 7 nitrogen and oxygen atoms in total. The average molecular weight is 458 g/mol. The summed E-state index contributed by atoms with van der Waals surface area (Å²) in [5.74, 6) is -0.300. The number of rotatable bonds is 7. The van der Waals surface area contributed by atoms with E-state index < -0.39 is 17.3 Å². The summed E-state index contributed by atoms with van der Waals surface area (Å²) in [5, 5.41) is 4.80. The smallest absolute Gasteiger partial charge is 0.270 e. The Hall–Kier alpha value is -2.50. The largest absolute Gasteiger partial charge is 0.760 e. The van der Waals surface area contributed by atoms with Gasteiger partial charge in [0.1, 0.15) is 5.69 Å². The number of nitrogens with one attached hydrogen (secondary N) is 2. The van der Waals surface area contributed by atoms with Gasteiger partial charge in [0.25, 0.3) is 5.91 Å². The quantitative estimate of drug-likeness (QED) is 0.413. The normalized spacial score (nSPS) is 13.3. The Kier molecular flexibility index (Phi) is 6.30. The Morgan fingerprint density at radius 3 is 2.67 bits per heavy atom. The van der Waals surface area contributed by atoms with Crippen LogP contribution in [0, 0.1) is 6.92 Å². The molecule has 4 aromatic rings. The maximum absolute atomic E-state index is 12.4. The number of thiazole rings is 1. The maximum atomic E-state index is 12.4. The number of fused-ring (bicyclic) bond motifs is 1. The van der Waals surface area contributed by atoms with Crippen LogP contribution in [0.3, 0.4) is 0 Å². The number of carbonyl (C=O) groups is 1. The van der Waals surface area contributed by atoms with Crippen LogP contribution in [0.15, 0.2) is 54.9 Å². The standard InChI is InChI=1S/C20H18N4O3S3/c1-12-21-10-15(28-12)11-23-20(25)16-7-6-14(9-22-16)19(24-30(26)27)18-8-13-4-2-3-5-17(13)29-18/h2-10,19,24H,11H2,1H3,(H,23,25)(H,26,27)/p-1. The first kappa shape index (κ1) is 20.8. The van der Waals surface area contributed by atoms with Gasteiger partial charge in [0.05, 0.1) is 17.6 Å². The molecule has 154 valence electrons. The molecule has 2 N–H and O–H groups in total. The number of aromatic nitrogens is 2. The highest BCUT2D eigenvalue weighted by Gasteiger charge is 2.18. The third kappa shape index (κ3) is 4.79. The molecule has 0 aliphatic heterocycles. The Balaban J connectivity index is 1.53. The van der Waals surface area contributed by atoms with Gasteiger partial charge in [-0.2, -0.15) is 0 Å². The lowest BCUT2D eigenvalue weighted by atomic mass is 10.1. The first-order valence-corrected chi connectivity index (χ1v) is 11.7. The fourth-order valence-corrected chi connectivity index (χ4v) is 5.40. The van der Waals surface area contributed by atoms with Crippen molar-refractivity contribution >= 4 is 49.9 Å². The Morgan fingerprint density at radius 2 is 2.00 bits per heavy atom. The van der Waals surface area contributed by atoms with Crippen LogP contribution in [0.5, 0.6) is 0 Å². The molecular weight excluding hydrogens is 440 g/mol. The first-order chi connectivity index (χ1) is 14.5. The van der Waals surface area contributed by atoms with Gasteiger partial charge in [-0.3, -0.25) is 14.0 Å². The predicted molar refractivity (Wildman–Crippen MR) is 118 cm³/mol. The average Bonchev–Trinajstić information content (AvgIpc) is 3.36. The van der Waals surface area contributed by atoms with Crippen molar-refractivity contribution in [3.05, 3.63) is 80.9 Å². The van der Waals surface area contributed by atoms with E-state index in [4.69, 9.17) is 0 Å². The summed E-state index contributed by atoms with van der Waals surface area (Å²) < 4.78 is 26.4. The van der Waals surface area contributed by atoms with Crippen molar-refractivity contribution in [2.45, 2.75) is 19.5 Å². The molecular formula is C20H17N4O3S3-. The Bertz CT molecular complexity index is 1170. The second-order valence-corrected chi connectivity index (χ2v) is 9.62. The van der Waals surface area contributed by atoms with Crippen LogP contribution in [0.25, 0.3) is 10.1 Å². The zero-order valence-electron chi connectivity index (χ0n) is 15.8. The fraction of sp³-hybridized carbons (Fsp3) is 0.150. The molecule has 3 aromatic heterocycles. The highest BCUT2D eigenvalue weighted by Crippen LogP contribution is 2.33. The van der Waals surface area contributed by atoms with E-state index in [0.717, 1.165) is 24.8 Å². The van der Waals surface area contributed by atoms with Gasteiger partial charge in [-0.15, -0.1) is 22.7 Å². The lowest BCUT2D eigenvalue weighted by Crippen LogP contribution is -2.25. The van der Waals surface area contributed by atoms with Gasteiger partial charge in [-0.05, 0) is 36.1 Å². The topological polar surface area (TPSA) is 107 Å². The molecule has 1 aromatic carbocycles. The Morgan fingerprint density at radius 1 is 1.17 bits per heavy atom. The van der Waals surface area contributed by atoms with Crippen molar-refractivity contribution in [1.29, 1.82) is 0 Å². The molecule has 0 fully saturated rings. The molecule has 10 heteroatoms. The number of hydrogen-bond donors (Lipinski definition) is 2. The van der Waals surface area contributed by atoms with Crippen LogP contribution in [0.1, 0.15) is 36.9 Å². The van der Waals surface area contributed by atoms with Crippen LogP contribution in [-0.4, -0.2) is 24.6 Å². The van der Waals surface area contributed by atoms with Gasteiger partial charge < -0.3 is 9.87 Å². The fourth-order valence-electron chi connectivity index (χ4n) is 2.99. The second-order valence-electron chi connectivity index (χ2n) is 6.48. The minimum Gasteiger partial charge on any atom is -0.760 e. The van der Waals surface area contributed by atoms with E-state index >= 15 is 0 Å². The molecule has 0 aliphatic rings. The van der Waals surface area contributed by atoms with Gasteiger partial charge in [0.2, 0.25) is 0 Å². The summed E-state index contributed by atoms with van der Waals surface area (Å²) in [5.41, 5.74) is 0.915. The number of aryl methyl sites for hydroxylation is 1. The van der Waals surface area contributed by atoms with E-state index in [-0.39, 0.29) is 11.6 Å². The molecule has 0 saturated carbocycles. The predicted octanol–water partition coefficient (Wildman–Crippen LogP) is 3.46. The monoisotopic (exact) mass is 457 g/mol. The number of carbonyl (C=O) groups excluding carboxylic acids is 1. The number of thiophene rings is 1. The molecule has 0 bridgehead atoms. The van der Waals surface area contributed by atoms with Crippen molar-refractivity contribution in [3.8, 4) is 0 Å². The van der Waals surface area contributed by atoms with E-state index in [0.29, 0.717) is 12.1 Å². The maximum Gasteiger partial charge on any atom is 0.270 e. The molecule has 2 atom stereocenters. The molecule has 3 heterocycles. The lowest BCUT2D eigenvalue weighted by molar-refractivity contribution is 0.0946. The number of pyridine rings is 1. The highest BCUT2D eigenvalue weighted by molar-refractivity contribution is 7.77. The molecule has 0 radical (unpaired) electrons. The Labute approximate surface area is 183 Å². The molecule has 4 rings (SSSR count). The van der Waals surface area contributed by atoms with Crippen molar-refractivity contribution < 1.29 is 13.6 Å². The van der Waals surface area contributed by atoms with E-state index in [2.05, 4.69) is 20.0 Å². The van der Waals surface area contributed by atoms with Crippen LogP contribution < -0.4 is 10.0 Å². The van der Waals surface area contributed by atoms with Crippen LogP contribution in [-0.2, 0) is 17.8 Å². The van der Waals surface area contributed by atoms with E-state index in [9.17, 15) is 13.6 Å². The van der Waals surface area contributed by atoms with E-state index in [1.54, 1.807) is 18.3 Å². The zero-order chi connectivity index (χ0) is 21.1. The molecule has 30 heavy (non-hydrogen) atoms. The van der Waals surface area contributed by atoms with Gasteiger partial charge >= 0.3 is 0 Å². The van der Waals surface area contributed by atoms with E-state index in [1.165, 1.54) is 28.9 Å².